The fourth-order valence-electron chi connectivity index (χ4n) is 5.38. The maximum Gasteiger partial charge on any atom is 0.192 e. The van der Waals surface area contributed by atoms with Crippen LogP contribution in [-0.4, -0.2) is 20.7 Å². The summed E-state index contributed by atoms with van der Waals surface area (Å²) < 4.78 is 6.90. The van der Waals surface area contributed by atoms with Crippen LogP contribution in [0.1, 0.15) is 60.3 Å². The van der Waals surface area contributed by atoms with Gasteiger partial charge in [0.1, 0.15) is 6.29 Å². The molecular weight excluding hydrogens is 288 g/mol. The van der Waals surface area contributed by atoms with Crippen molar-refractivity contribution < 1.29 is 9.22 Å². The lowest BCUT2D eigenvalue weighted by Crippen LogP contribution is -2.46. The van der Waals surface area contributed by atoms with Crippen molar-refractivity contribution in [1.82, 2.24) is 0 Å². The first-order valence-electron chi connectivity index (χ1n) is 9.65. The number of fused-ring (bicyclic) bond motifs is 1. The van der Waals surface area contributed by atoms with Crippen molar-refractivity contribution in [2.24, 2.45) is 29.6 Å². The molecule has 128 valence electrons. The molecule has 2 fully saturated rings. The van der Waals surface area contributed by atoms with E-state index in [0.717, 1.165) is 11.8 Å². The third kappa shape index (κ3) is 3.35. The minimum atomic E-state index is -1.51. The SMILES string of the molecule is CC[Si](CC)(CC)OC1CCC(C)C2C(C(C)C=O)CCC12. The molecule has 0 N–H and O–H groups in total. The Balaban J connectivity index is 2.14. The van der Waals surface area contributed by atoms with Crippen LogP contribution in [0.15, 0.2) is 0 Å². The lowest BCUT2D eigenvalue weighted by atomic mass is 9.68. The lowest BCUT2D eigenvalue weighted by molar-refractivity contribution is -0.113. The lowest BCUT2D eigenvalue weighted by Gasteiger charge is -2.44. The highest BCUT2D eigenvalue weighted by Gasteiger charge is 2.49. The van der Waals surface area contributed by atoms with Crippen LogP contribution in [0.3, 0.4) is 0 Å². The highest BCUT2D eigenvalue weighted by atomic mass is 28.4. The molecule has 6 atom stereocenters. The molecule has 2 aliphatic rings. The second kappa shape index (κ2) is 7.61. The normalized spacial score (nSPS) is 36.9. The van der Waals surface area contributed by atoms with E-state index in [2.05, 4.69) is 34.6 Å². The topological polar surface area (TPSA) is 26.3 Å². The molecule has 0 radical (unpaired) electrons. The summed E-state index contributed by atoms with van der Waals surface area (Å²) in [6.45, 7) is 11.5. The number of rotatable bonds is 7. The molecular formula is C19H36O2Si. The second-order valence-corrected chi connectivity index (χ2v) is 12.7. The van der Waals surface area contributed by atoms with E-state index in [4.69, 9.17) is 4.43 Å². The monoisotopic (exact) mass is 324 g/mol. The molecule has 0 bridgehead atoms. The van der Waals surface area contributed by atoms with Gasteiger partial charge in [-0.05, 0) is 67.5 Å². The Morgan fingerprint density at radius 3 is 2.27 bits per heavy atom. The molecule has 6 unspecified atom stereocenters. The van der Waals surface area contributed by atoms with E-state index in [-0.39, 0.29) is 5.92 Å². The first-order valence-corrected chi connectivity index (χ1v) is 12.2. The summed E-state index contributed by atoms with van der Waals surface area (Å²) >= 11 is 0. The van der Waals surface area contributed by atoms with E-state index in [0.29, 0.717) is 17.9 Å². The van der Waals surface area contributed by atoms with Crippen molar-refractivity contribution in [2.75, 3.05) is 0 Å². The standard InChI is InChI=1S/C19H36O2Si/c1-6-22(7-2,8-3)21-18-12-9-14(4)19-16(15(5)13-20)10-11-17(18)19/h13-19H,6-12H2,1-5H3. The molecule has 22 heavy (non-hydrogen) atoms. The number of hydrogen-bond donors (Lipinski definition) is 0. The van der Waals surface area contributed by atoms with Gasteiger partial charge in [-0.1, -0.05) is 34.6 Å². The first kappa shape index (κ1) is 18.2. The highest BCUT2D eigenvalue weighted by Crippen LogP contribution is 2.52. The van der Waals surface area contributed by atoms with Crippen molar-refractivity contribution in [3.8, 4) is 0 Å². The van der Waals surface area contributed by atoms with Gasteiger partial charge in [0.05, 0.1) is 0 Å². The summed E-state index contributed by atoms with van der Waals surface area (Å²) in [5, 5.41) is 0. The molecule has 0 aliphatic heterocycles. The number of hydrogen-bond acceptors (Lipinski definition) is 2. The van der Waals surface area contributed by atoms with Gasteiger partial charge in [0, 0.05) is 12.0 Å². The average molecular weight is 325 g/mol. The smallest absolute Gasteiger partial charge is 0.192 e. The number of carbonyl (C=O) groups is 1. The largest absolute Gasteiger partial charge is 0.414 e. The van der Waals surface area contributed by atoms with Crippen LogP contribution in [0, 0.1) is 29.6 Å². The Labute approximate surface area is 138 Å². The zero-order chi connectivity index (χ0) is 16.3. The number of aldehydes is 1. The van der Waals surface area contributed by atoms with Crippen LogP contribution in [0.4, 0.5) is 0 Å². The highest BCUT2D eigenvalue weighted by molar-refractivity contribution is 6.73. The van der Waals surface area contributed by atoms with Gasteiger partial charge in [0.15, 0.2) is 8.32 Å². The molecule has 2 rings (SSSR count). The Bertz CT molecular complexity index is 358. The van der Waals surface area contributed by atoms with E-state index >= 15 is 0 Å². The average Bonchev–Trinajstić information content (AvgIpc) is 3.00. The van der Waals surface area contributed by atoms with E-state index in [1.54, 1.807) is 0 Å². The van der Waals surface area contributed by atoms with E-state index in [9.17, 15) is 4.79 Å². The van der Waals surface area contributed by atoms with Gasteiger partial charge in [0.25, 0.3) is 0 Å². The van der Waals surface area contributed by atoms with E-state index in [1.165, 1.54) is 50.1 Å². The third-order valence-electron chi connectivity index (χ3n) is 7.09. The summed E-state index contributed by atoms with van der Waals surface area (Å²) in [6.07, 6.45) is 6.72. The Morgan fingerprint density at radius 2 is 1.73 bits per heavy atom. The second-order valence-electron chi connectivity index (χ2n) is 7.93. The van der Waals surface area contributed by atoms with Gasteiger partial charge in [-0.25, -0.2) is 0 Å². The maximum absolute atomic E-state index is 11.3. The van der Waals surface area contributed by atoms with Crippen molar-refractivity contribution in [3.05, 3.63) is 0 Å². The predicted octanol–water partition coefficient (Wildman–Crippen LogP) is 5.28. The van der Waals surface area contributed by atoms with E-state index in [1.807, 2.05) is 0 Å². The van der Waals surface area contributed by atoms with Crippen LogP contribution >= 0.6 is 0 Å². The van der Waals surface area contributed by atoms with Crippen molar-refractivity contribution in [1.29, 1.82) is 0 Å². The molecule has 0 aromatic rings. The fourth-order valence-corrected chi connectivity index (χ4v) is 8.32. The molecule has 0 heterocycles. The molecule has 0 aromatic carbocycles. The first-order chi connectivity index (χ1) is 10.5. The zero-order valence-corrected chi connectivity index (χ0v) is 16.3. The predicted molar refractivity (Wildman–Crippen MR) is 95.4 cm³/mol. The summed E-state index contributed by atoms with van der Waals surface area (Å²) in [5.41, 5.74) is 0. The van der Waals surface area contributed by atoms with Crippen LogP contribution in [0.25, 0.3) is 0 Å². The number of carbonyl (C=O) groups excluding carboxylic acids is 1. The summed E-state index contributed by atoms with van der Waals surface area (Å²) in [6, 6.07) is 3.74. The molecule has 0 saturated heterocycles. The molecule has 2 aliphatic carbocycles. The zero-order valence-electron chi connectivity index (χ0n) is 15.3. The Hall–Kier alpha value is -0.153. The summed E-state index contributed by atoms with van der Waals surface area (Å²) in [5.74, 6) is 3.02. The summed E-state index contributed by atoms with van der Waals surface area (Å²) in [4.78, 5) is 11.3. The van der Waals surface area contributed by atoms with Crippen LogP contribution in [0.5, 0.6) is 0 Å². The van der Waals surface area contributed by atoms with E-state index < -0.39 is 8.32 Å². The van der Waals surface area contributed by atoms with Crippen molar-refractivity contribution in [2.45, 2.75) is 84.5 Å². The van der Waals surface area contributed by atoms with Gasteiger partial charge in [-0.15, -0.1) is 0 Å². The van der Waals surface area contributed by atoms with Gasteiger partial charge in [0.2, 0.25) is 0 Å². The third-order valence-corrected chi connectivity index (χ3v) is 11.8. The Kier molecular flexibility index (Phi) is 6.29. The van der Waals surface area contributed by atoms with Crippen LogP contribution in [-0.2, 0) is 9.22 Å². The van der Waals surface area contributed by atoms with Crippen molar-refractivity contribution in [3.63, 3.8) is 0 Å². The minimum Gasteiger partial charge on any atom is -0.414 e. The molecule has 0 spiro atoms. The van der Waals surface area contributed by atoms with Crippen LogP contribution in [0.2, 0.25) is 18.1 Å². The molecule has 0 aromatic heterocycles. The van der Waals surface area contributed by atoms with Gasteiger partial charge in [-0.3, -0.25) is 0 Å². The van der Waals surface area contributed by atoms with Gasteiger partial charge >= 0.3 is 0 Å². The molecule has 2 nitrogen and oxygen atoms in total. The van der Waals surface area contributed by atoms with Crippen LogP contribution < -0.4 is 0 Å². The summed E-state index contributed by atoms with van der Waals surface area (Å²) in [7, 11) is -1.51. The minimum absolute atomic E-state index is 0.224. The molecule has 0 amide bonds. The Morgan fingerprint density at radius 1 is 1.09 bits per heavy atom. The quantitative estimate of drug-likeness (QED) is 0.470. The fraction of sp³-hybridized carbons (Fsp3) is 0.947. The van der Waals surface area contributed by atoms with Crippen molar-refractivity contribution >= 4 is 14.6 Å². The van der Waals surface area contributed by atoms with Gasteiger partial charge < -0.3 is 9.22 Å². The maximum atomic E-state index is 11.3. The molecule has 2 saturated carbocycles. The molecule has 3 heteroatoms. The van der Waals surface area contributed by atoms with Gasteiger partial charge in [-0.2, -0.15) is 0 Å².